The number of nitrogens with one attached hydrogen (secondary N) is 1. The van der Waals surface area contributed by atoms with Crippen molar-refractivity contribution >= 4 is 5.91 Å². The maximum Gasteiger partial charge on any atom is 0.239 e. The molecule has 1 aromatic heterocycles. The second-order valence-corrected chi connectivity index (χ2v) is 5.88. The van der Waals surface area contributed by atoms with E-state index in [9.17, 15) is 9.90 Å². The Balaban J connectivity index is 2.10. The molecule has 1 unspecified atom stereocenters. The fraction of sp³-hybridized carbons (Fsp3) is 0.667. The summed E-state index contributed by atoms with van der Waals surface area (Å²) in [5.41, 5.74) is 3.21. The standard InChI is InChI=1S/C15H24N2O2/c1-10(2)8-16-15(19)9-17-11(3)7-12-13(17)5-4-6-14(12)18/h7,10,14,18H,4-6,8-9H2,1-3H3,(H,16,19). The zero-order valence-corrected chi connectivity index (χ0v) is 12.1. The third-order valence-corrected chi connectivity index (χ3v) is 3.71. The quantitative estimate of drug-likeness (QED) is 0.873. The normalized spacial score (nSPS) is 18.5. The Bertz CT molecular complexity index is 463. The first-order valence-electron chi connectivity index (χ1n) is 7.12. The molecular weight excluding hydrogens is 240 g/mol. The van der Waals surface area contributed by atoms with Crippen molar-refractivity contribution in [3.8, 4) is 0 Å². The Labute approximate surface area is 114 Å². The Morgan fingerprint density at radius 3 is 3.00 bits per heavy atom. The third-order valence-electron chi connectivity index (χ3n) is 3.71. The van der Waals surface area contributed by atoms with Crippen molar-refractivity contribution in [2.45, 2.75) is 52.7 Å². The highest BCUT2D eigenvalue weighted by atomic mass is 16.3. The van der Waals surface area contributed by atoms with Crippen LogP contribution in [0.5, 0.6) is 0 Å². The molecule has 4 nitrogen and oxygen atoms in total. The highest BCUT2D eigenvalue weighted by Gasteiger charge is 2.23. The summed E-state index contributed by atoms with van der Waals surface area (Å²) in [6.07, 6.45) is 2.42. The molecule has 4 heteroatoms. The molecular formula is C15H24N2O2. The lowest BCUT2D eigenvalue weighted by Crippen LogP contribution is -2.31. The number of fused-ring (bicyclic) bond motifs is 1. The molecule has 1 atom stereocenters. The third kappa shape index (κ3) is 3.18. The van der Waals surface area contributed by atoms with Gasteiger partial charge in [-0.25, -0.2) is 0 Å². The van der Waals surface area contributed by atoms with Gasteiger partial charge in [0.05, 0.1) is 6.10 Å². The molecule has 1 amide bonds. The SMILES string of the molecule is Cc1cc2c(n1CC(=O)NCC(C)C)CCCC2O. The van der Waals surface area contributed by atoms with E-state index in [0.29, 0.717) is 19.0 Å². The zero-order chi connectivity index (χ0) is 14.0. The van der Waals surface area contributed by atoms with E-state index in [1.165, 1.54) is 0 Å². The Morgan fingerprint density at radius 1 is 1.58 bits per heavy atom. The molecule has 0 saturated carbocycles. The van der Waals surface area contributed by atoms with E-state index in [4.69, 9.17) is 0 Å². The van der Waals surface area contributed by atoms with E-state index in [1.807, 2.05) is 17.6 Å². The second-order valence-electron chi connectivity index (χ2n) is 5.88. The van der Waals surface area contributed by atoms with Crippen molar-refractivity contribution < 1.29 is 9.90 Å². The number of hydrogen-bond acceptors (Lipinski definition) is 2. The van der Waals surface area contributed by atoms with Crippen molar-refractivity contribution in [3.63, 3.8) is 0 Å². The van der Waals surface area contributed by atoms with E-state index < -0.39 is 0 Å². The van der Waals surface area contributed by atoms with Gasteiger partial charge in [-0.1, -0.05) is 13.8 Å². The summed E-state index contributed by atoms with van der Waals surface area (Å²) in [4.78, 5) is 11.9. The summed E-state index contributed by atoms with van der Waals surface area (Å²) >= 11 is 0. The number of amides is 1. The Kier molecular flexibility index (Phi) is 4.30. The van der Waals surface area contributed by atoms with Gasteiger partial charge in [-0.3, -0.25) is 4.79 Å². The topological polar surface area (TPSA) is 54.3 Å². The summed E-state index contributed by atoms with van der Waals surface area (Å²) in [6, 6.07) is 2.02. The van der Waals surface area contributed by atoms with Crippen molar-refractivity contribution in [2.24, 2.45) is 5.92 Å². The Hall–Kier alpha value is -1.29. The summed E-state index contributed by atoms with van der Waals surface area (Å²) in [5.74, 6) is 0.515. The molecule has 1 heterocycles. The molecule has 2 N–H and O–H groups in total. The van der Waals surface area contributed by atoms with Gasteiger partial charge in [-0.05, 0) is 38.2 Å². The number of aromatic nitrogens is 1. The summed E-state index contributed by atoms with van der Waals surface area (Å²) in [6.45, 7) is 7.24. The number of aliphatic hydroxyl groups is 1. The highest BCUT2D eigenvalue weighted by Crippen LogP contribution is 2.31. The van der Waals surface area contributed by atoms with Crippen LogP contribution < -0.4 is 5.32 Å². The fourth-order valence-electron chi connectivity index (χ4n) is 2.68. The maximum atomic E-state index is 11.9. The van der Waals surface area contributed by atoms with Crippen molar-refractivity contribution in [1.82, 2.24) is 9.88 Å². The summed E-state index contributed by atoms with van der Waals surface area (Å²) in [5, 5.41) is 12.9. The van der Waals surface area contributed by atoms with Gasteiger partial charge in [0.1, 0.15) is 6.54 Å². The van der Waals surface area contributed by atoms with E-state index in [-0.39, 0.29) is 12.0 Å². The molecule has 0 fully saturated rings. The van der Waals surface area contributed by atoms with Crippen LogP contribution in [0.2, 0.25) is 0 Å². The van der Waals surface area contributed by atoms with Gasteiger partial charge in [0, 0.05) is 23.5 Å². The van der Waals surface area contributed by atoms with E-state index in [1.54, 1.807) is 0 Å². The van der Waals surface area contributed by atoms with Crippen molar-refractivity contribution in [1.29, 1.82) is 0 Å². The van der Waals surface area contributed by atoms with E-state index in [0.717, 1.165) is 36.2 Å². The minimum Gasteiger partial charge on any atom is -0.388 e. The minimum atomic E-state index is -0.359. The van der Waals surface area contributed by atoms with Crippen molar-refractivity contribution in [3.05, 3.63) is 23.0 Å². The van der Waals surface area contributed by atoms with Crippen LogP contribution in [0.25, 0.3) is 0 Å². The molecule has 106 valence electrons. The highest BCUT2D eigenvalue weighted by molar-refractivity contribution is 5.76. The molecule has 1 aliphatic carbocycles. The minimum absolute atomic E-state index is 0.0512. The molecule has 19 heavy (non-hydrogen) atoms. The number of carbonyl (C=O) groups is 1. The lowest BCUT2D eigenvalue weighted by atomic mass is 9.95. The Morgan fingerprint density at radius 2 is 2.32 bits per heavy atom. The van der Waals surface area contributed by atoms with Crippen LogP contribution in [0.4, 0.5) is 0 Å². The van der Waals surface area contributed by atoms with Crippen LogP contribution in [0.1, 0.15) is 49.7 Å². The lowest BCUT2D eigenvalue weighted by Gasteiger charge is -2.20. The molecule has 2 rings (SSSR count). The van der Waals surface area contributed by atoms with Crippen LogP contribution >= 0.6 is 0 Å². The average molecular weight is 264 g/mol. The number of aryl methyl sites for hydroxylation is 1. The van der Waals surface area contributed by atoms with Crippen LogP contribution in [0.3, 0.4) is 0 Å². The molecule has 1 aromatic rings. The van der Waals surface area contributed by atoms with Gasteiger partial charge in [-0.15, -0.1) is 0 Å². The van der Waals surface area contributed by atoms with Gasteiger partial charge >= 0.3 is 0 Å². The smallest absolute Gasteiger partial charge is 0.239 e. The first kappa shape index (κ1) is 14.1. The van der Waals surface area contributed by atoms with Gasteiger partial charge < -0.3 is 15.0 Å². The molecule has 0 spiro atoms. The van der Waals surface area contributed by atoms with Crippen molar-refractivity contribution in [2.75, 3.05) is 6.54 Å². The van der Waals surface area contributed by atoms with Crippen LogP contribution in [0.15, 0.2) is 6.07 Å². The predicted molar refractivity (Wildman–Crippen MR) is 74.9 cm³/mol. The number of rotatable bonds is 4. The van der Waals surface area contributed by atoms with Gasteiger partial charge in [0.2, 0.25) is 5.91 Å². The number of nitrogens with zero attached hydrogens (tertiary/aromatic N) is 1. The van der Waals surface area contributed by atoms with Crippen LogP contribution in [-0.2, 0) is 17.8 Å². The van der Waals surface area contributed by atoms with E-state index in [2.05, 4.69) is 19.2 Å². The molecule has 0 aromatic carbocycles. The number of hydrogen-bond donors (Lipinski definition) is 2. The second kappa shape index (κ2) is 5.78. The van der Waals surface area contributed by atoms with E-state index >= 15 is 0 Å². The lowest BCUT2D eigenvalue weighted by molar-refractivity contribution is -0.121. The fourth-order valence-corrected chi connectivity index (χ4v) is 2.68. The van der Waals surface area contributed by atoms with Gasteiger partial charge in [0.15, 0.2) is 0 Å². The number of carbonyl (C=O) groups excluding carboxylic acids is 1. The zero-order valence-electron chi connectivity index (χ0n) is 12.1. The molecule has 0 aliphatic heterocycles. The largest absolute Gasteiger partial charge is 0.388 e. The summed E-state index contributed by atoms with van der Waals surface area (Å²) < 4.78 is 2.05. The van der Waals surface area contributed by atoms with Gasteiger partial charge in [0.25, 0.3) is 0 Å². The monoisotopic (exact) mass is 264 g/mol. The predicted octanol–water partition coefficient (Wildman–Crippen LogP) is 1.94. The molecule has 1 aliphatic rings. The van der Waals surface area contributed by atoms with Crippen LogP contribution in [0, 0.1) is 12.8 Å². The average Bonchev–Trinajstić information content (AvgIpc) is 2.66. The van der Waals surface area contributed by atoms with Crippen LogP contribution in [-0.4, -0.2) is 22.1 Å². The molecule has 0 bridgehead atoms. The first-order chi connectivity index (χ1) is 8.99. The number of aliphatic hydroxyl groups excluding tert-OH is 1. The molecule has 0 radical (unpaired) electrons. The maximum absolute atomic E-state index is 11.9. The molecule has 0 saturated heterocycles. The van der Waals surface area contributed by atoms with Gasteiger partial charge in [-0.2, -0.15) is 0 Å². The first-order valence-corrected chi connectivity index (χ1v) is 7.12. The summed E-state index contributed by atoms with van der Waals surface area (Å²) in [7, 11) is 0.